The van der Waals surface area contributed by atoms with E-state index in [1.54, 1.807) is 11.3 Å². The van der Waals surface area contributed by atoms with Gasteiger partial charge >= 0.3 is 0 Å². The number of hydrogen-bond acceptors (Lipinski definition) is 3. The molecule has 0 bridgehead atoms. The van der Waals surface area contributed by atoms with Gasteiger partial charge in [0.05, 0.1) is 0 Å². The third-order valence-corrected chi connectivity index (χ3v) is 4.54. The van der Waals surface area contributed by atoms with Crippen molar-refractivity contribution >= 4 is 11.3 Å². The van der Waals surface area contributed by atoms with Gasteiger partial charge in [-0.05, 0) is 67.1 Å². The molecule has 1 N–H and O–H groups in total. The molecule has 2 nitrogen and oxygen atoms in total. The molecule has 2 rings (SSSR count). The lowest BCUT2D eigenvalue weighted by Gasteiger charge is -2.23. The summed E-state index contributed by atoms with van der Waals surface area (Å²) in [5.74, 6) is 0.827. The molecule has 0 atom stereocenters. The van der Waals surface area contributed by atoms with Crippen molar-refractivity contribution in [2.45, 2.75) is 45.6 Å². The van der Waals surface area contributed by atoms with E-state index in [4.69, 9.17) is 0 Å². The van der Waals surface area contributed by atoms with E-state index in [1.165, 1.54) is 44.3 Å². The average Bonchev–Trinajstić information content (AvgIpc) is 3.09. The number of nitrogens with zero attached hydrogens (tertiary/aromatic N) is 1. The first kappa shape index (κ1) is 15.0. The van der Waals surface area contributed by atoms with Crippen LogP contribution in [0.5, 0.6) is 0 Å². The van der Waals surface area contributed by atoms with Gasteiger partial charge in [-0.2, -0.15) is 11.3 Å². The van der Waals surface area contributed by atoms with Crippen molar-refractivity contribution in [3.05, 3.63) is 22.4 Å². The molecular formula is C16H28N2S. The molecule has 0 aliphatic heterocycles. The normalized spacial score (nSPS) is 15.6. The minimum Gasteiger partial charge on any atom is -0.315 e. The molecule has 0 spiro atoms. The van der Waals surface area contributed by atoms with Crippen LogP contribution in [0.15, 0.2) is 16.8 Å². The topological polar surface area (TPSA) is 15.3 Å². The van der Waals surface area contributed by atoms with Crippen molar-refractivity contribution in [3.8, 4) is 0 Å². The van der Waals surface area contributed by atoms with Crippen molar-refractivity contribution in [3.63, 3.8) is 0 Å². The lowest BCUT2D eigenvalue weighted by molar-refractivity contribution is 0.248. The third-order valence-electron chi connectivity index (χ3n) is 3.80. The molecular weight excluding hydrogens is 252 g/mol. The van der Waals surface area contributed by atoms with Crippen LogP contribution < -0.4 is 5.32 Å². The van der Waals surface area contributed by atoms with Gasteiger partial charge in [-0.15, -0.1) is 0 Å². The van der Waals surface area contributed by atoms with E-state index in [2.05, 4.69) is 40.9 Å². The van der Waals surface area contributed by atoms with E-state index < -0.39 is 0 Å². The molecule has 0 saturated heterocycles. The summed E-state index contributed by atoms with van der Waals surface area (Å²) in [4.78, 5) is 2.69. The summed E-state index contributed by atoms with van der Waals surface area (Å²) in [5, 5.41) is 8.00. The van der Waals surface area contributed by atoms with Gasteiger partial charge < -0.3 is 5.32 Å². The Morgan fingerprint density at radius 1 is 1.32 bits per heavy atom. The summed E-state index contributed by atoms with van der Waals surface area (Å²) in [6, 6.07) is 3.13. The van der Waals surface area contributed by atoms with E-state index >= 15 is 0 Å². The molecule has 1 fully saturated rings. The molecule has 1 aliphatic carbocycles. The molecule has 1 aliphatic rings. The van der Waals surface area contributed by atoms with Gasteiger partial charge in [0.2, 0.25) is 0 Å². The number of hydrogen-bond donors (Lipinski definition) is 1. The standard InChI is InChI=1S/C16H28N2S/c1-14(2)6-10-18(16-3-4-16)11-9-17-8-5-15-7-12-19-13-15/h7,12-14,16-17H,3-6,8-11H2,1-2H3. The Labute approximate surface area is 122 Å². The van der Waals surface area contributed by atoms with Crippen LogP contribution in [-0.2, 0) is 6.42 Å². The summed E-state index contributed by atoms with van der Waals surface area (Å²) < 4.78 is 0. The summed E-state index contributed by atoms with van der Waals surface area (Å²) >= 11 is 1.79. The van der Waals surface area contributed by atoms with Crippen LogP contribution in [0, 0.1) is 5.92 Å². The summed E-state index contributed by atoms with van der Waals surface area (Å²) in [6.07, 6.45) is 5.35. The second-order valence-corrected chi connectivity index (χ2v) is 6.86. The van der Waals surface area contributed by atoms with Gasteiger partial charge in [-0.1, -0.05) is 13.8 Å². The van der Waals surface area contributed by atoms with E-state index in [0.717, 1.165) is 25.0 Å². The Bertz CT molecular complexity index is 331. The van der Waals surface area contributed by atoms with E-state index in [1.807, 2.05) is 0 Å². The second-order valence-electron chi connectivity index (χ2n) is 6.08. The Morgan fingerprint density at radius 2 is 2.16 bits per heavy atom. The smallest absolute Gasteiger partial charge is 0.0110 e. The molecule has 1 aromatic heterocycles. The first-order chi connectivity index (χ1) is 9.25. The summed E-state index contributed by atoms with van der Waals surface area (Å²) in [5.41, 5.74) is 1.47. The predicted molar refractivity (Wildman–Crippen MR) is 84.9 cm³/mol. The zero-order valence-electron chi connectivity index (χ0n) is 12.4. The molecule has 1 aromatic rings. The molecule has 108 valence electrons. The molecule has 0 aromatic carbocycles. The van der Waals surface area contributed by atoms with Crippen LogP contribution >= 0.6 is 11.3 Å². The Balaban J connectivity index is 1.54. The minimum absolute atomic E-state index is 0.827. The largest absolute Gasteiger partial charge is 0.315 e. The van der Waals surface area contributed by atoms with Gasteiger partial charge in [0.25, 0.3) is 0 Å². The van der Waals surface area contributed by atoms with Crippen molar-refractivity contribution in [2.24, 2.45) is 5.92 Å². The first-order valence-corrected chi connectivity index (χ1v) is 8.66. The predicted octanol–water partition coefficient (Wildman–Crippen LogP) is 3.39. The van der Waals surface area contributed by atoms with E-state index in [-0.39, 0.29) is 0 Å². The zero-order chi connectivity index (χ0) is 13.5. The maximum atomic E-state index is 3.59. The number of nitrogens with one attached hydrogen (secondary N) is 1. The van der Waals surface area contributed by atoms with Crippen LogP contribution in [0.3, 0.4) is 0 Å². The van der Waals surface area contributed by atoms with Gasteiger partial charge in [-0.25, -0.2) is 0 Å². The molecule has 3 heteroatoms. The van der Waals surface area contributed by atoms with Crippen LogP contribution in [-0.4, -0.2) is 37.1 Å². The highest BCUT2D eigenvalue weighted by molar-refractivity contribution is 7.07. The zero-order valence-corrected chi connectivity index (χ0v) is 13.2. The van der Waals surface area contributed by atoms with E-state index in [0.29, 0.717) is 0 Å². The van der Waals surface area contributed by atoms with E-state index in [9.17, 15) is 0 Å². The van der Waals surface area contributed by atoms with Gasteiger partial charge in [0.15, 0.2) is 0 Å². The summed E-state index contributed by atoms with van der Waals surface area (Å²) in [7, 11) is 0. The highest BCUT2D eigenvalue weighted by atomic mass is 32.1. The molecule has 0 unspecified atom stereocenters. The van der Waals surface area contributed by atoms with Crippen LogP contribution in [0.1, 0.15) is 38.7 Å². The SMILES string of the molecule is CC(C)CCN(CCNCCc1ccsc1)C1CC1. The maximum Gasteiger partial charge on any atom is 0.0110 e. The van der Waals surface area contributed by atoms with Crippen molar-refractivity contribution in [1.82, 2.24) is 10.2 Å². The average molecular weight is 280 g/mol. The fraction of sp³-hybridized carbons (Fsp3) is 0.750. The second kappa shape index (κ2) is 8.03. The highest BCUT2D eigenvalue weighted by Crippen LogP contribution is 2.26. The van der Waals surface area contributed by atoms with Gasteiger partial charge in [0, 0.05) is 19.1 Å². The lowest BCUT2D eigenvalue weighted by Crippen LogP contribution is -2.35. The maximum absolute atomic E-state index is 3.59. The van der Waals surface area contributed by atoms with Gasteiger partial charge in [-0.3, -0.25) is 4.90 Å². The molecule has 1 saturated carbocycles. The summed E-state index contributed by atoms with van der Waals surface area (Å²) in [6.45, 7) is 9.40. The fourth-order valence-electron chi connectivity index (χ4n) is 2.36. The highest BCUT2D eigenvalue weighted by Gasteiger charge is 2.28. The molecule has 0 radical (unpaired) electrons. The molecule has 19 heavy (non-hydrogen) atoms. The lowest BCUT2D eigenvalue weighted by atomic mass is 10.1. The van der Waals surface area contributed by atoms with Crippen molar-refractivity contribution in [1.29, 1.82) is 0 Å². The number of rotatable bonds is 10. The Morgan fingerprint density at radius 3 is 2.79 bits per heavy atom. The number of thiophene rings is 1. The first-order valence-electron chi connectivity index (χ1n) is 7.71. The van der Waals surface area contributed by atoms with Crippen LogP contribution in [0.2, 0.25) is 0 Å². The molecule has 1 heterocycles. The van der Waals surface area contributed by atoms with Crippen LogP contribution in [0.4, 0.5) is 0 Å². The Kier molecular flexibility index (Phi) is 6.35. The van der Waals surface area contributed by atoms with Gasteiger partial charge in [0.1, 0.15) is 0 Å². The quantitative estimate of drug-likeness (QED) is 0.661. The fourth-order valence-corrected chi connectivity index (χ4v) is 3.06. The van der Waals surface area contributed by atoms with Crippen molar-refractivity contribution in [2.75, 3.05) is 26.2 Å². The monoisotopic (exact) mass is 280 g/mol. The third kappa shape index (κ3) is 6.07. The Hall–Kier alpha value is -0.380. The van der Waals surface area contributed by atoms with Crippen molar-refractivity contribution < 1.29 is 0 Å². The minimum atomic E-state index is 0.827. The molecule has 0 amide bonds. The van der Waals surface area contributed by atoms with Crippen LogP contribution in [0.25, 0.3) is 0 Å².